The van der Waals surface area contributed by atoms with Crippen LogP contribution in [0.25, 0.3) is 55.8 Å². The molecule has 0 bridgehead atoms. The van der Waals surface area contributed by atoms with Crippen molar-refractivity contribution in [3.8, 4) is 33.9 Å². The van der Waals surface area contributed by atoms with E-state index in [-0.39, 0.29) is 5.82 Å². The molecule has 1 aliphatic rings. The van der Waals surface area contributed by atoms with Crippen molar-refractivity contribution >= 4 is 21.9 Å². The van der Waals surface area contributed by atoms with Crippen LogP contribution in [0, 0.1) is 5.82 Å². The van der Waals surface area contributed by atoms with Crippen molar-refractivity contribution in [1.82, 2.24) is 40.0 Å². The molecule has 38 heavy (non-hydrogen) atoms. The zero-order valence-corrected chi connectivity index (χ0v) is 20.7. The Hall–Kier alpha value is -4.50. The number of likely N-dealkylation sites (tertiary alicyclic amines) is 1. The Bertz CT molecular complexity index is 1770. The zero-order chi connectivity index (χ0) is 25.5. The van der Waals surface area contributed by atoms with Crippen LogP contribution in [0.1, 0.15) is 24.8 Å². The lowest BCUT2D eigenvalue weighted by atomic mass is 10.1. The predicted octanol–water partition coefficient (Wildman–Crippen LogP) is 5.75. The summed E-state index contributed by atoms with van der Waals surface area (Å²) in [6, 6.07) is 10.8. The number of aromatic amines is 2. The minimum absolute atomic E-state index is 0.316. The lowest BCUT2D eigenvalue weighted by Gasteiger charge is -2.26. The summed E-state index contributed by atoms with van der Waals surface area (Å²) in [5.41, 5.74) is 6.86. The average Bonchev–Trinajstić information content (AvgIpc) is 3.58. The normalized spacial score (nSPS) is 14.4. The monoisotopic (exact) mass is 504 g/mol. The second kappa shape index (κ2) is 9.42. The van der Waals surface area contributed by atoms with Crippen molar-refractivity contribution in [2.75, 3.05) is 13.1 Å². The number of rotatable bonds is 5. The summed E-state index contributed by atoms with van der Waals surface area (Å²) in [5.74, 6) is 0.259. The van der Waals surface area contributed by atoms with Crippen LogP contribution >= 0.6 is 0 Å². The van der Waals surface area contributed by atoms with Gasteiger partial charge in [-0.05, 0) is 49.7 Å². The second-order valence-corrected chi connectivity index (χ2v) is 9.75. The molecule has 0 amide bonds. The van der Waals surface area contributed by atoms with E-state index in [1.54, 1.807) is 36.8 Å². The molecule has 1 fully saturated rings. The van der Waals surface area contributed by atoms with Crippen molar-refractivity contribution in [1.29, 1.82) is 0 Å². The third-order valence-corrected chi connectivity index (χ3v) is 7.18. The molecular formula is C29H25FN8. The number of imidazole rings is 1. The quantitative estimate of drug-likeness (QED) is 0.310. The second-order valence-electron chi connectivity index (χ2n) is 9.75. The zero-order valence-electron chi connectivity index (χ0n) is 20.7. The first-order valence-corrected chi connectivity index (χ1v) is 12.8. The number of pyridine rings is 3. The summed E-state index contributed by atoms with van der Waals surface area (Å²) in [4.78, 5) is 24.1. The number of hydrogen-bond acceptors (Lipinski definition) is 6. The lowest BCUT2D eigenvalue weighted by Crippen LogP contribution is -2.29. The van der Waals surface area contributed by atoms with E-state index in [2.05, 4.69) is 41.1 Å². The number of benzene rings is 1. The van der Waals surface area contributed by atoms with Gasteiger partial charge in [-0.15, -0.1) is 0 Å². The maximum Gasteiger partial charge on any atom is 0.159 e. The van der Waals surface area contributed by atoms with Gasteiger partial charge in [-0.25, -0.2) is 9.37 Å². The molecule has 7 rings (SSSR count). The minimum Gasteiger partial charge on any atom is -0.335 e. The highest BCUT2D eigenvalue weighted by atomic mass is 19.1. The first kappa shape index (κ1) is 22.7. The van der Waals surface area contributed by atoms with Crippen LogP contribution in [0.3, 0.4) is 0 Å². The molecule has 1 aromatic carbocycles. The molecule has 6 heterocycles. The largest absolute Gasteiger partial charge is 0.335 e. The SMILES string of the molecule is Fc1ccccc1-c1cncc2[nH]c(-c3n[nH]c4cnc(-c5cncc(CN6CCCCC6)c5)cc34)nc12. The van der Waals surface area contributed by atoms with E-state index in [0.717, 1.165) is 41.8 Å². The molecule has 0 spiro atoms. The molecule has 0 radical (unpaired) electrons. The smallest absolute Gasteiger partial charge is 0.159 e. The Labute approximate surface area is 218 Å². The Morgan fingerprint density at radius 3 is 2.63 bits per heavy atom. The highest BCUT2D eigenvalue weighted by Crippen LogP contribution is 2.33. The Morgan fingerprint density at radius 2 is 1.74 bits per heavy atom. The van der Waals surface area contributed by atoms with Crippen molar-refractivity contribution in [2.45, 2.75) is 25.8 Å². The number of H-pyrrole nitrogens is 2. The van der Waals surface area contributed by atoms with E-state index in [1.807, 2.05) is 18.5 Å². The fourth-order valence-corrected chi connectivity index (χ4v) is 5.27. The van der Waals surface area contributed by atoms with Gasteiger partial charge in [-0.3, -0.25) is 25.0 Å². The summed E-state index contributed by atoms with van der Waals surface area (Å²) in [6.07, 6.45) is 12.7. The van der Waals surface area contributed by atoms with Gasteiger partial charge in [0.25, 0.3) is 0 Å². The maximum atomic E-state index is 14.6. The molecule has 0 aliphatic carbocycles. The van der Waals surface area contributed by atoms with E-state index in [4.69, 9.17) is 4.98 Å². The molecule has 6 aromatic rings. The molecule has 0 unspecified atom stereocenters. The van der Waals surface area contributed by atoms with Crippen LogP contribution in [0.4, 0.5) is 4.39 Å². The van der Waals surface area contributed by atoms with Gasteiger partial charge in [0.1, 0.15) is 17.0 Å². The molecule has 9 heteroatoms. The first-order valence-electron chi connectivity index (χ1n) is 12.8. The van der Waals surface area contributed by atoms with E-state index in [0.29, 0.717) is 33.7 Å². The summed E-state index contributed by atoms with van der Waals surface area (Å²) >= 11 is 0. The van der Waals surface area contributed by atoms with Crippen molar-refractivity contribution in [2.24, 2.45) is 0 Å². The number of piperidine rings is 1. The van der Waals surface area contributed by atoms with Crippen molar-refractivity contribution in [3.63, 3.8) is 0 Å². The fourth-order valence-electron chi connectivity index (χ4n) is 5.27. The van der Waals surface area contributed by atoms with Gasteiger partial charge in [0.15, 0.2) is 5.82 Å². The van der Waals surface area contributed by atoms with Gasteiger partial charge in [-0.1, -0.05) is 24.6 Å². The number of fused-ring (bicyclic) bond motifs is 2. The summed E-state index contributed by atoms with van der Waals surface area (Å²) in [5, 5.41) is 8.48. The van der Waals surface area contributed by atoms with Gasteiger partial charge in [-0.2, -0.15) is 5.10 Å². The van der Waals surface area contributed by atoms with Gasteiger partial charge in [0, 0.05) is 47.2 Å². The number of nitrogens with one attached hydrogen (secondary N) is 2. The Balaban J connectivity index is 1.26. The van der Waals surface area contributed by atoms with E-state index in [9.17, 15) is 4.39 Å². The standard InChI is InChI=1S/C29H25FN8/c30-23-7-3-2-6-20(23)22-14-32-15-26-27(22)35-29(34-26)28-21-11-24(33-16-25(21)36-37-28)19-10-18(12-31-13-19)17-38-8-4-1-5-9-38/h2-3,6-7,10-16H,1,4-5,8-9,17H2,(H,34,35)(H,36,37). The van der Waals surface area contributed by atoms with E-state index in [1.165, 1.54) is 30.9 Å². The van der Waals surface area contributed by atoms with E-state index >= 15 is 0 Å². The predicted molar refractivity (Wildman–Crippen MR) is 145 cm³/mol. The van der Waals surface area contributed by atoms with Gasteiger partial charge >= 0.3 is 0 Å². The Kier molecular flexibility index (Phi) is 5.62. The van der Waals surface area contributed by atoms with Gasteiger partial charge in [0.05, 0.1) is 29.1 Å². The van der Waals surface area contributed by atoms with Crippen molar-refractivity contribution < 1.29 is 4.39 Å². The van der Waals surface area contributed by atoms with E-state index < -0.39 is 0 Å². The molecule has 0 atom stereocenters. The highest BCUT2D eigenvalue weighted by molar-refractivity contribution is 5.97. The van der Waals surface area contributed by atoms with Gasteiger partial charge < -0.3 is 4.98 Å². The number of hydrogen-bond donors (Lipinski definition) is 2. The van der Waals surface area contributed by atoms with Gasteiger partial charge in [0.2, 0.25) is 0 Å². The maximum absolute atomic E-state index is 14.6. The Morgan fingerprint density at radius 1 is 0.868 bits per heavy atom. The fraction of sp³-hybridized carbons (Fsp3) is 0.207. The third-order valence-electron chi connectivity index (χ3n) is 7.18. The lowest BCUT2D eigenvalue weighted by molar-refractivity contribution is 0.220. The molecule has 0 saturated carbocycles. The van der Waals surface area contributed by atoms with Crippen LogP contribution in [-0.4, -0.2) is 53.1 Å². The number of nitrogens with zero attached hydrogens (tertiary/aromatic N) is 6. The van der Waals surface area contributed by atoms with Crippen LogP contribution in [-0.2, 0) is 6.54 Å². The molecule has 8 nitrogen and oxygen atoms in total. The number of halogens is 1. The van der Waals surface area contributed by atoms with Crippen LogP contribution in [0.5, 0.6) is 0 Å². The average molecular weight is 505 g/mol. The summed E-state index contributed by atoms with van der Waals surface area (Å²) in [6.45, 7) is 3.17. The van der Waals surface area contributed by atoms with Crippen LogP contribution in [0.2, 0.25) is 0 Å². The van der Waals surface area contributed by atoms with Crippen LogP contribution in [0.15, 0.2) is 67.4 Å². The minimum atomic E-state index is -0.316. The number of aromatic nitrogens is 7. The summed E-state index contributed by atoms with van der Waals surface area (Å²) in [7, 11) is 0. The van der Waals surface area contributed by atoms with Crippen LogP contribution < -0.4 is 0 Å². The summed E-state index contributed by atoms with van der Waals surface area (Å²) < 4.78 is 14.6. The molecule has 5 aromatic heterocycles. The molecule has 188 valence electrons. The third kappa shape index (κ3) is 4.10. The molecular weight excluding hydrogens is 479 g/mol. The molecule has 1 aliphatic heterocycles. The first-order chi connectivity index (χ1) is 18.7. The highest BCUT2D eigenvalue weighted by Gasteiger charge is 2.18. The van der Waals surface area contributed by atoms with Crippen molar-refractivity contribution in [3.05, 3.63) is 78.8 Å². The topological polar surface area (TPSA) is 99.3 Å². The molecule has 2 N–H and O–H groups in total. The molecule has 1 saturated heterocycles.